The van der Waals surface area contributed by atoms with Crippen molar-refractivity contribution in [3.63, 3.8) is 0 Å². The van der Waals surface area contributed by atoms with Gasteiger partial charge in [-0.25, -0.2) is 0 Å². The molecule has 0 saturated heterocycles. The Bertz CT molecular complexity index is 821. The molecule has 2 amide bonds. The molecule has 1 aliphatic heterocycles. The van der Waals surface area contributed by atoms with E-state index in [-0.39, 0.29) is 23.5 Å². The third kappa shape index (κ3) is 5.61. The maximum Gasteiger partial charge on any atom is 0.289 e. The van der Waals surface area contributed by atoms with Gasteiger partial charge in [0.2, 0.25) is 18.0 Å². The van der Waals surface area contributed by atoms with E-state index in [1.807, 2.05) is 60.7 Å². The number of hydrogen-bond acceptors (Lipinski definition) is 4. The van der Waals surface area contributed by atoms with E-state index in [2.05, 4.69) is 5.32 Å². The van der Waals surface area contributed by atoms with Gasteiger partial charge in [0.25, 0.3) is 5.91 Å². The normalized spacial score (nSPS) is 16.4. The Kier molecular flexibility index (Phi) is 6.68. The molecule has 2 aromatic carbocycles. The molecule has 0 bridgehead atoms. The van der Waals surface area contributed by atoms with Crippen LogP contribution in [0, 0.1) is 5.92 Å². The van der Waals surface area contributed by atoms with Crippen molar-refractivity contribution in [1.82, 2.24) is 5.32 Å². The van der Waals surface area contributed by atoms with Gasteiger partial charge in [0, 0.05) is 18.9 Å². The van der Waals surface area contributed by atoms with Crippen LogP contribution in [0.4, 0.5) is 0 Å². The van der Waals surface area contributed by atoms with E-state index in [0.29, 0.717) is 25.8 Å². The molecule has 2 aromatic rings. The number of nitrogens with one attached hydrogen (secondary N) is 1. The molecule has 0 aromatic heterocycles. The topological polar surface area (TPSA) is 90.7 Å². The van der Waals surface area contributed by atoms with Crippen molar-refractivity contribution in [2.45, 2.75) is 25.6 Å². The number of amides is 2. The van der Waals surface area contributed by atoms with Gasteiger partial charge in [-0.3, -0.25) is 9.59 Å². The fourth-order valence-corrected chi connectivity index (χ4v) is 3.03. The number of carbonyl (C=O) groups excluding carboxylic acids is 2. The quantitative estimate of drug-likeness (QED) is 0.698. The smallest absolute Gasteiger partial charge is 0.289 e. The Morgan fingerprint density at radius 3 is 2.29 bits per heavy atom. The Morgan fingerprint density at radius 1 is 1.00 bits per heavy atom. The molecule has 0 saturated carbocycles. The van der Waals surface area contributed by atoms with Crippen LogP contribution in [-0.4, -0.2) is 24.6 Å². The molecule has 1 aliphatic rings. The van der Waals surface area contributed by atoms with Crippen LogP contribution in [0.3, 0.4) is 0 Å². The van der Waals surface area contributed by atoms with Crippen LogP contribution in [0.25, 0.3) is 0 Å². The average Bonchev–Trinajstić information content (AvgIpc) is 3.17. The molecule has 6 heteroatoms. The van der Waals surface area contributed by atoms with Gasteiger partial charge >= 0.3 is 0 Å². The highest BCUT2D eigenvalue weighted by molar-refractivity contribution is 5.91. The van der Waals surface area contributed by atoms with Crippen LogP contribution >= 0.6 is 0 Å². The number of nitrogens with two attached hydrogens (primary N) is 1. The van der Waals surface area contributed by atoms with Crippen LogP contribution in [0.1, 0.15) is 17.5 Å². The van der Waals surface area contributed by atoms with E-state index >= 15 is 0 Å². The highest BCUT2D eigenvalue weighted by Crippen LogP contribution is 2.18. The molecule has 1 unspecified atom stereocenters. The van der Waals surface area contributed by atoms with Crippen LogP contribution in [-0.2, 0) is 31.9 Å². The first-order valence-electron chi connectivity index (χ1n) is 9.29. The van der Waals surface area contributed by atoms with Crippen LogP contribution in [0.5, 0.6) is 0 Å². The molecule has 0 spiro atoms. The van der Waals surface area contributed by atoms with Crippen LogP contribution < -0.4 is 11.1 Å². The van der Waals surface area contributed by atoms with Crippen molar-refractivity contribution in [3.8, 4) is 0 Å². The van der Waals surface area contributed by atoms with Crippen molar-refractivity contribution in [1.29, 1.82) is 0 Å². The van der Waals surface area contributed by atoms with Gasteiger partial charge in [-0.05, 0) is 24.0 Å². The molecule has 3 N–H and O–H groups in total. The second kappa shape index (κ2) is 9.60. The van der Waals surface area contributed by atoms with Gasteiger partial charge in [0.15, 0.2) is 0 Å². The third-order valence-electron chi connectivity index (χ3n) is 4.56. The van der Waals surface area contributed by atoms with E-state index in [1.54, 1.807) is 0 Å². The summed E-state index contributed by atoms with van der Waals surface area (Å²) in [4.78, 5) is 24.0. The van der Waals surface area contributed by atoms with Crippen molar-refractivity contribution >= 4 is 11.8 Å². The lowest BCUT2D eigenvalue weighted by Crippen LogP contribution is -2.32. The van der Waals surface area contributed by atoms with Gasteiger partial charge in [-0.15, -0.1) is 0 Å². The highest BCUT2D eigenvalue weighted by Gasteiger charge is 2.25. The van der Waals surface area contributed by atoms with Gasteiger partial charge in [0.05, 0.1) is 0 Å². The average molecular weight is 380 g/mol. The molecule has 146 valence electrons. The lowest BCUT2D eigenvalue weighted by Gasteiger charge is -2.14. The lowest BCUT2D eigenvalue weighted by atomic mass is 9.95. The molecule has 6 nitrogen and oxygen atoms in total. The van der Waals surface area contributed by atoms with Gasteiger partial charge in [-0.2, -0.15) is 0 Å². The third-order valence-corrected chi connectivity index (χ3v) is 4.56. The number of carbonyl (C=O) groups is 2. The number of rotatable bonds is 9. The Labute approximate surface area is 164 Å². The van der Waals surface area contributed by atoms with E-state index < -0.39 is 6.29 Å². The first-order chi connectivity index (χ1) is 13.6. The molecular formula is C22H24N2O4. The summed E-state index contributed by atoms with van der Waals surface area (Å²) < 4.78 is 11.0. The minimum atomic E-state index is -0.514. The molecule has 3 rings (SSSR count). The minimum absolute atomic E-state index is 0.139. The van der Waals surface area contributed by atoms with Gasteiger partial charge in [0.1, 0.15) is 6.26 Å². The summed E-state index contributed by atoms with van der Waals surface area (Å²) >= 11 is 0. The molecule has 2 atom stereocenters. The molecule has 28 heavy (non-hydrogen) atoms. The molecule has 0 fully saturated rings. The van der Waals surface area contributed by atoms with Crippen molar-refractivity contribution in [2.75, 3.05) is 6.54 Å². The van der Waals surface area contributed by atoms with Crippen molar-refractivity contribution in [2.24, 2.45) is 11.7 Å². The number of ether oxygens (including phenoxy) is 2. The monoisotopic (exact) mass is 380 g/mol. The fraction of sp³-hybridized carbons (Fsp3) is 0.273. The number of benzene rings is 2. The maximum absolute atomic E-state index is 12.3. The predicted molar refractivity (Wildman–Crippen MR) is 105 cm³/mol. The number of primary amides is 1. The van der Waals surface area contributed by atoms with Gasteiger partial charge in [-0.1, -0.05) is 60.7 Å². The first-order valence-corrected chi connectivity index (χ1v) is 9.29. The van der Waals surface area contributed by atoms with E-state index in [0.717, 1.165) is 11.1 Å². The summed E-state index contributed by atoms with van der Waals surface area (Å²) in [6.45, 7) is 0.323. The van der Waals surface area contributed by atoms with Crippen molar-refractivity contribution < 1.29 is 19.1 Å². The molecule has 1 heterocycles. The summed E-state index contributed by atoms with van der Waals surface area (Å²) in [5, 5.41) is 2.76. The van der Waals surface area contributed by atoms with Crippen molar-refractivity contribution in [3.05, 3.63) is 83.8 Å². The first kappa shape index (κ1) is 19.5. The molecular weight excluding hydrogens is 356 g/mol. The zero-order valence-electron chi connectivity index (χ0n) is 15.5. The highest BCUT2D eigenvalue weighted by atomic mass is 16.7. The zero-order chi connectivity index (χ0) is 19.8. The molecule has 0 radical (unpaired) electrons. The zero-order valence-corrected chi connectivity index (χ0v) is 15.5. The summed E-state index contributed by atoms with van der Waals surface area (Å²) in [6.07, 6.45) is 2.37. The van der Waals surface area contributed by atoms with E-state index in [1.165, 1.54) is 6.26 Å². The van der Waals surface area contributed by atoms with E-state index in [4.69, 9.17) is 15.2 Å². The lowest BCUT2D eigenvalue weighted by molar-refractivity contribution is -0.124. The van der Waals surface area contributed by atoms with Crippen LogP contribution in [0.2, 0.25) is 0 Å². The summed E-state index contributed by atoms with van der Waals surface area (Å²) in [5.74, 6) is -0.943. The largest absolute Gasteiger partial charge is 0.458 e. The Balaban J connectivity index is 1.42. The molecule has 0 aliphatic carbocycles. The van der Waals surface area contributed by atoms with Crippen LogP contribution in [0.15, 0.2) is 72.7 Å². The van der Waals surface area contributed by atoms with Gasteiger partial charge < -0.3 is 20.5 Å². The minimum Gasteiger partial charge on any atom is -0.458 e. The Morgan fingerprint density at radius 2 is 1.64 bits per heavy atom. The second-order valence-electron chi connectivity index (χ2n) is 6.69. The fourth-order valence-electron chi connectivity index (χ4n) is 3.03. The summed E-state index contributed by atoms with van der Waals surface area (Å²) in [5.41, 5.74) is 7.61. The second-order valence-corrected chi connectivity index (χ2v) is 6.69. The SMILES string of the molecule is NC(=O)[C@H](CCNC(=O)C1=COC(Cc2ccccc2)O1)Cc1ccccc1. The summed E-state index contributed by atoms with van der Waals surface area (Å²) in [6, 6.07) is 19.4. The maximum atomic E-state index is 12.3. The summed E-state index contributed by atoms with van der Waals surface area (Å²) in [7, 11) is 0. The predicted octanol–water partition coefficient (Wildman–Crippen LogP) is 2.29. The standard InChI is InChI=1S/C22H24N2O4/c23-21(25)18(13-16-7-3-1-4-8-16)11-12-24-22(26)19-15-27-20(28-19)14-17-9-5-2-6-10-17/h1-10,15,18,20H,11-14H2,(H2,23,25)(H,24,26)/t18-,20?/m1/s1. The van der Waals surface area contributed by atoms with E-state index in [9.17, 15) is 9.59 Å². The number of hydrogen-bond donors (Lipinski definition) is 2. The Hall–Kier alpha value is -3.28.